The smallest absolute Gasteiger partial charge is 0.253 e. The van der Waals surface area contributed by atoms with Crippen LogP contribution >= 0.6 is 0 Å². The van der Waals surface area contributed by atoms with Gasteiger partial charge in [-0.2, -0.15) is 0 Å². The summed E-state index contributed by atoms with van der Waals surface area (Å²) in [6.45, 7) is 1.74. The van der Waals surface area contributed by atoms with Gasteiger partial charge in [-0.25, -0.2) is 12.7 Å². The molecular formula is C18H25N3O4S. The van der Waals surface area contributed by atoms with Crippen LogP contribution < -0.4 is 4.90 Å². The molecule has 3 rings (SSSR count). The number of benzene rings is 1. The molecule has 2 amide bonds. The summed E-state index contributed by atoms with van der Waals surface area (Å²) >= 11 is 0. The first kappa shape index (κ1) is 18.8. The Morgan fingerprint density at radius 1 is 1.19 bits per heavy atom. The zero-order valence-corrected chi connectivity index (χ0v) is 16.0. The Morgan fingerprint density at radius 2 is 1.88 bits per heavy atom. The zero-order valence-electron chi connectivity index (χ0n) is 15.2. The highest BCUT2D eigenvalue weighted by molar-refractivity contribution is 7.88. The van der Waals surface area contributed by atoms with Crippen LogP contribution in [0.5, 0.6) is 0 Å². The first-order valence-corrected chi connectivity index (χ1v) is 10.7. The number of sulfonamides is 1. The highest BCUT2D eigenvalue weighted by atomic mass is 32.2. The highest BCUT2D eigenvalue weighted by Gasteiger charge is 2.30. The van der Waals surface area contributed by atoms with E-state index in [9.17, 15) is 18.0 Å². The molecule has 2 aliphatic rings. The number of hydrogen-bond donors (Lipinski definition) is 0. The molecule has 0 saturated carbocycles. The van der Waals surface area contributed by atoms with E-state index < -0.39 is 10.0 Å². The van der Waals surface area contributed by atoms with E-state index in [0.717, 1.165) is 12.1 Å². The summed E-state index contributed by atoms with van der Waals surface area (Å²) < 4.78 is 24.7. The molecule has 0 radical (unpaired) electrons. The maximum Gasteiger partial charge on any atom is 0.253 e. The fraction of sp³-hybridized carbons (Fsp3) is 0.556. The molecule has 0 N–H and O–H groups in total. The zero-order chi connectivity index (χ0) is 18.9. The van der Waals surface area contributed by atoms with E-state index in [1.807, 2.05) is 6.07 Å². The highest BCUT2D eigenvalue weighted by Crippen LogP contribution is 2.24. The summed E-state index contributed by atoms with van der Waals surface area (Å²) in [5, 5.41) is 0. The van der Waals surface area contributed by atoms with Gasteiger partial charge >= 0.3 is 0 Å². The first-order chi connectivity index (χ1) is 12.3. The number of hydrogen-bond acceptors (Lipinski definition) is 4. The molecule has 0 aromatic heterocycles. The van der Waals surface area contributed by atoms with Crippen LogP contribution in [-0.2, 0) is 14.8 Å². The number of piperidine rings is 1. The molecule has 26 heavy (non-hydrogen) atoms. The van der Waals surface area contributed by atoms with Gasteiger partial charge in [-0.3, -0.25) is 9.59 Å². The summed E-state index contributed by atoms with van der Waals surface area (Å²) in [4.78, 5) is 28.2. The van der Waals surface area contributed by atoms with E-state index in [-0.39, 0.29) is 17.9 Å². The number of rotatable bonds is 4. The van der Waals surface area contributed by atoms with Crippen molar-refractivity contribution in [2.45, 2.75) is 31.7 Å². The minimum absolute atomic E-state index is 0.0670. The molecule has 1 aromatic carbocycles. The van der Waals surface area contributed by atoms with Gasteiger partial charge < -0.3 is 9.80 Å². The number of carbonyl (C=O) groups excluding carboxylic acids is 2. The molecule has 2 aliphatic heterocycles. The first-order valence-electron chi connectivity index (χ1n) is 8.90. The van der Waals surface area contributed by atoms with Crippen molar-refractivity contribution in [2.75, 3.05) is 37.8 Å². The fourth-order valence-corrected chi connectivity index (χ4v) is 4.37. The molecule has 7 nitrogen and oxygen atoms in total. The van der Waals surface area contributed by atoms with E-state index in [4.69, 9.17) is 0 Å². The molecule has 2 fully saturated rings. The SMILES string of the molecule is CN(C1CCN(C(=O)c2cccc(N3CCCC3=O)c2)CC1)S(C)(=O)=O. The monoisotopic (exact) mass is 379 g/mol. The second-order valence-electron chi connectivity index (χ2n) is 7.00. The van der Waals surface area contributed by atoms with E-state index >= 15 is 0 Å². The van der Waals surface area contributed by atoms with Gasteiger partial charge in [-0.15, -0.1) is 0 Å². The Morgan fingerprint density at radius 3 is 2.46 bits per heavy atom. The third-order valence-corrected chi connectivity index (χ3v) is 6.61. The predicted octanol–water partition coefficient (Wildman–Crippen LogP) is 1.31. The Labute approximate surface area is 154 Å². The molecule has 2 heterocycles. The van der Waals surface area contributed by atoms with Crippen LogP contribution in [0, 0.1) is 0 Å². The third kappa shape index (κ3) is 3.91. The predicted molar refractivity (Wildman–Crippen MR) is 99.6 cm³/mol. The average molecular weight is 379 g/mol. The van der Waals surface area contributed by atoms with E-state index in [1.54, 1.807) is 35.0 Å². The topological polar surface area (TPSA) is 78.0 Å². The summed E-state index contributed by atoms with van der Waals surface area (Å²) in [6, 6.07) is 7.13. The standard InChI is InChI=1S/C18H25N3O4S/c1-19(26(2,24)25)15-8-11-20(12-9-15)18(23)14-5-3-6-16(13-14)21-10-4-7-17(21)22/h3,5-6,13,15H,4,7-12H2,1-2H3. The minimum Gasteiger partial charge on any atom is -0.339 e. The lowest BCUT2D eigenvalue weighted by atomic mass is 10.0. The van der Waals surface area contributed by atoms with Gasteiger partial charge in [0.2, 0.25) is 15.9 Å². The molecule has 0 unspecified atom stereocenters. The molecule has 0 bridgehead atoms. The van der Waals surface area contributed by atoms with Gasteiger partial charge in [0, 0.05) is 50.4 Å². The fourth-order valence-electron chi connectivity index (χ4n) is 3.61. The van der Waals surface area contributed by atoms with Crippen LogP contribution in [0.15, 0.2) is 24.3 Å². The number of nitrogens with zero attached hydrogens (tertiary/aromatic N) is 3. The van der Waals surface area contributed by atoms with Crippen LogP contribution in [0.3, 0.4) is 0 Å². The quantitative estimate of drug-likeness (QED) is 0.790. The van der Waals surface area contributed by atoms with Gasteiger partial charge in [-0.1, -0.05) is 6.07 Å². The number of carbonyl (C=O) groups is 2. The van der Waals surface area contributed by atoms with Crippen molar-refractivity contribution in [3.05, 3.63) is 29.8 Å². The van der Waals surface area contributed by atoms with Gasteiger partial charge in [-0.05, 0) is 37.5 Å². The van der Waals surface area contributed by atoms with Crippen molar-refractivity contribution < 1.29 is 18.0 Å². The van der Waals surface area contributed by atoms with Crippen LogP contribution in [0.25, 0.3) is 0 Å². The van der Waals surface area contributed by atoms with Crippen molar-refractivity contribution in [3.8, 4) is 0 Å². The van der Waals surface area contributed by atoms with Crippen molar-refractivity contribution >= 4 is 27.5 Å². The van der Waals surface area contributed by atoms with Crippen molar-refractivity contribution in [1.82, 2.24) is 9.21 Å². The van der Waals surface area contributed by atoms with Gasteiger partial charge in [0.1, 0.15) is 0 Å². The Kier molecular flexibility index (Phi) is 5.34. The summed E-state index contributed by atoms with van der Waals surface area (Å²) in [7, 11) is -1.63. The van der Waals surface area contributed by atoms with Gasteiger partial charge in [0.25, 0.3) is 5.91 Å². The number of amides is 2. The lowest BCUT2D eigenvalue weighted by molar-refractivity contribution is -0.117. The number of anilines is 1. The average Bonchev–Trinajstić information content (AvgIpc) is 3.06. The van der Waals surface area contributed by atoms with Crippen molar-refractivity contribution in [3.63, 3.8) is 0 Å². The van der Waals surface area contributed by atoms with Crippen LogP contribution in [-0.4, -0.2) is 68.4 Å². The van der Waals surface area contributed by atoms with E-state index in [0.29, 0.717) is 44.5 Å². The van der Waals surface area contributed by atoms with Crippen LogP contribution in [0.2, 0.25) is 0 Å². The molecule has 0 aliphatic carbocycles. The molecule has 142 valence electrons. The Balaban J connectivity index is 1.66. The Bertz CT molecular complexity index is 800. The molecule has 8 heteroatoms. The minimum atomic E-state index is -3.22. The third-order valence-electron chi connectivity index (χ3n) is 5.27. The lowest BCUT2D eigenvalue weighted by Gasteiger charge is -2.35. The maximum absolute atomic E-state index is 12.8. The largest absolute Gasteiger partial charge is 0.339 e. The second kappa shape index (κ2) is 7.36. The number of likely N-dealkylation sites (tertiary alicyclic amines) is 1. The Hall–Kier alpha value is -1.93. The second-order valence-corrected chi connectivity index (χ2v) is 9.04. The van der Waals surface area contributed by atoms with Crippen molar-refractivity contribution in [1.29, 1.82) is 0 Å². The molecule has 0 spiro atoms. The lowest BCUT2D eigenvalue weighted by Crippen LogP contribution is -2.47. The summed E-state index contributed by atoms with van der Waals surface area (Å²) in [5.74, 6) is 0.0261. The van der Waals surface area contributed by atoms with E-state index in [2.05, 4.69) is 0 Å². The molecule has 1 aromatic rings. The molecule has 2 saturated heterocycles. The molecular weight excluding hydrogens is 354 g/mol. The van der Waals surface area contributed by atoms with Crippen LogP contribution in [0.1, 0.15) is 36.0 Å². The van der Waals surface area contributed by atoms with Crippen molar-refractivity contribution in [2.24, 2.45) is 0 Å². The van der Waals surface area contributed by atoms with E-state index in [1.165, 1.54) is 10.6 Å². The maximum atomic E-state index is 12.8. The van der Waals surface area contributed by atoms with Gasteiger partial charge in [0.05, 0.1) is 6.26 Å². The van der Waals surface area contributed by atoms with Crippen LogP contribution in [0.4, 0.5) is 5.69 Å². The normalized spacial score (nSPS) is 19.4. The summed E-state index contributed by atoms with van der Waals surface area (Å²) in [6.07, 6.45) is 3.85. The molecule has 0 atom stereocenters. The summed E-state index contributed by atoms with van der Waals surface area (Å²) in [5.41, 5.74) is 1.34. The van der Waals surface area contributed by atoms with Gasteiger partial charge in [0.15, 0.2) is 0 Å².